The van der Waals surface area contributed by atoms with Crippen molar-refractivity contribution in [3.63, 3.8) is 0 Å². The van der Waals surface area contributed by atoms with Crippen LogP contribution in [0.1, 0.15) is 216 Å². The maximum atomic E-state index is 15.1. The van der Waals surface area contributed by atoms with Crippen molar-refractivity contribution in [1.29, 1.82) is 0 Å². The Labute approximate surface area is 423 Å². The molecule has 0 spiro atoms. The van der Waals surface area contributed by atoms with Crippen LogP contribution in [0.4, 0.5) is 0 Å². The van der Waals surface area contributed by atoms with Crippen LogP contribution in [0.2, 0.25) is 0 Å². The fourth-order valence-electron chi connectivity index (χ4n) is 14.8. The Bertz CT molecular complexity index is 1820. The van der Waals surface area contributed by atoms with Crippen molar-refractivity contribution in [3.05, 3.63) is 0 Å². The second-order valence-electron chi connectivity index (χ2n) is 29.5. The van der Waals surface area contributed by atoms with Gasteiger partial charge in [-0.25, -0.2) is 0 Å². The summed E-state index contributed by atoms with van der Waals surface area (Å²) < 4.78 is 33.6. The van der Waals surface area contributed by atoms with E-state index in [0.717, 1.165) is 6.42 Å². The third-order valence-corrected chi connectivity index (χ3v) is 15.4. The number of rotatable bonds is 14. The molecular weight excluding hydrogens is 887 g/mol. The van der Waals surface area contributed by atoms with Crippen LogP contribution < -0.4 is 16.0 Å². The Morgan fingerprint density at radius 2 is 0.671 bits per heavy atom. The number of nitrogens with one attached hydrogen (secondary N) is 3. The minimum absolute atomic E-state index is 0.145. The van der Waals surface area contributed by atoms with E-state index in [1.165, 1.54) is 0 Å². The molecule has 0 aromatic rings. The summed E-state index contributed by atoms with van der Waals surface area (Å²) >= 11 is 0. The molecule has 5 unspecified atom stereocenters. The molecule has 3 heterocycles. The Morgan fingerprint density at radius 1 is 0.400 bits per heavy atom. The summed E-state index contributed by atoms with van der Waals surface area (Å²) in [7, 11) is 0. The van der Waals surface area contributed by atoms with Gasteiger partial charge in [0.1, 0.15) is 12.2 Å². The van der Waals surface area contributed by atoms with E-state index in [2.05, 4.69) is 154 Å². The highest BCUT2D eigenvalue weighted by atomic mass is 16.6. The summed E-state index contributed by atoms with van der Waals surface area (Å²) in [5.74, 6) is -4.82. The van der Waals surface area contributed by atoms with Gasteiger partial charge in [-0.2, -0.15) is 0 Å². The lowest BCUT2D eigenvalue weighted by Gasteiger charge is -2.49. The van der Waals surface area contributed by atoms with E-state index in [4.69, 9.17) is 23.7 Å². The predicted octanol–water partition coefficient (Wildman–Crippen LogP) is 10.2. The third kappa shape index (κ3) is 16.1. The van der Waals surface area contributed by atoms with E-state index >= 15 is 4.79 Å². The molecule has 13 nitrogen and oxygen atoms in total. The molecule has 0 aromatic heterocycles. The second kappa shape index (κ2) is 20.9. The minimum Gasteiger partial charge on any atom is -0.458 e. The Morgan fingerprint density at radius 3 is 0.986 bits per heavy atom. The third-order valence-electron chi connectivity index (χ3n) is 15.4. The fraction of sp³-hybridized carbons (Fsp3) is 0.912. The smallest absolute Gasteiger partial charge is 0.309 e. The molecule has 2 aliphatic carbocycles. The zero-order chi connectivity index (χ0) is 53.0. The molecule has 3 saturated heterocycles. The molecule has 0 amide bonds. The zero-order valence-corrected chi connectivity index (χ0v) is 47.5. The molecule has 5 aliphatic rings. The van der Waals surface area contributed by atoms with Crippen LogP contribution in [0.5, 0.6) is 0 Å². The van der Waals surface area contributed by atoms with Gasteiger partial charge in [-0.05, 0) is 176 Å². The largest absolute Gasteiger partial charge is 0.458 e. The van der Waals surface area contributed by atoms with Gasteiger partial charge in [-0.3, -0.25) is 24.0 Å². The van der Waals surface area contributed by atoms with Crippen molar-refractivity contribution in [2.24, 2.45) is 52.3 Å². The van der Waals surface area contributed by atoms with Crippen LogP contribution >= 0.6 is 0 Å². The number of ether oxygens (including phenoxy) is 5. The highest BCUT2D eigenvalue weighted by molar-refractivity contribution is 5.77. The van der Waals surface area contributed by atoms with E-state index in [-0.39, 0.29) is 29.1 Å². The Hall–Kier alpha value is -2.77. The number of carbonyl (C=O) groups excluding carboxylic acids is 5. The van der Waals surface area contributed by atoms with Crippen molar-refractivity contribution < 1.29 is 47.7 Å². The normalized spacial score (nSPS) is 30.6. The summed E-state index contributed by atoms with van der Waals surface area (Å²) in [4.78, 5) is 74.6. The topological polar surface area (TPSA) is 168 Å². The summed E-state index contributed by atoms with van der Waals surface area (Å²) in [6.45, 7) is 41.6. The summed E-state index contributed by atoms with van der Waals surface area (Å²) in [5.41, 5.74) is -2.78. The van der Waals surface area contributed by atoms with Crippen molar-refractivity contribution >= 4 is 29.8 Å². The van der Waals surface area contributed by atoms with Gasteiger partial charge in [0.15, 0.2) is 18.3 Å². The van der Waals surface area contributed by atoms with E-state index in [9.17, 15) is 19.2 Å². The zero-order valence-electron chi connectivity index (χ0n) is 47.5. The molecule has 5 atom stereocenters. The first-order valence-electron chi connectivity index (χ1n) is 27.1. The van der Waals surface area contributed by atoms with Crippen LogP contribution in [0.3, 0.4) is 0 Å². The van der Waals surface area contributed by atoms with Crippen LogP contribution in [-0.4, -0.2) is 93.6 Å². The molecule has 5 fully saturated rings. The second-order valence-corrected chi connectivity index (χ2v) is 29.5. The lowest BCUT2D eigenvalue weighted by Crippen LogP contribution is -2.64. The SMILES string of the molecule is CC(C)CC(CC(C)C)C(=O)OC1C(OC(=O)C2CC(C)(C)NC(C)(C)C2)CC(OC(=O)C2CC(C)(C)CC(C)(C)C2)C(OC(=O)C2CC(C)(C)NC(C)(C)C2)C1OC(=O)C1CC(C)(C)NC(C)(C)C1. The number of piperidine rings is 3. The predicted molar refractivity (Wildman–Crippen MR) is 273 cm³/mol. The molecule has 0 bridgehead atoms. The minimum atomic E-state index is -1.49. The molecule has 0 radical (unpaired) electrons. The standard InChI is InChI=1S/C57H99N3O10/c1-33(2)21-35(22-34(3)4)45(61)68-42-40(67-47(63)37-26-52(9,10)58-53(11,12)27-37)23-41(66-46(62)36-24-50(5,6)32-51(7,8)25-36)43(69-48(64)38-28-54(13,14)59-55(15,16)29-38)44(42)70-49(65)39-30-56(17,18)60-57(19,20)31-39/h33-44,58-60H,21-32H2,1-20H3. The lowest BCUT2D eigenvalue weighted by molar-refractivity contribution is -0.239. The molecule has 2 saturated carbocycles. The highest BCUT2D eigenvalue weighted by Gasteiger charge is 2.58. The average Bonchev–Trinajstić information content (AvgIpc) is 3.11. The summed E-state index contributed by atoms with van der Waals surface area (Å²) in [6, 6.07) is 0. The Balaban J connectivity index is 1.68. The van der Waals surface area contributed by atoms with E-state index in [0.29, 0.717) is 64.2 Å². The van der Waals surface area contributed by atoms with Crippen LogP contribution in [0.25, 0.3) is 0 Å². The van der Waals surface area contributed by atoms with Crippen molar-refractivity contribution in [2.45, 2.75) is 279 Å². The van der Waals surface area contributed by atoms with Gasteiger partial charge in [0.05, 0.1) is 29.6 Å². The van der Waals surface area contributed by atoms with Crippen LogP contribution in [0, 0.1) is 52.3 Å². The van der Waals surface area contributed by atoms with Crippen molar-refractivity contribution in [1.82, 2.24) is 16.0 Å². The molecule has 3 N–H and O–H groups in total. The van der Waals surface area contributed by atoms with E-state index in [1.54, 1.807) is 0 Å². The van der Waals surface area contributed by atoms with Crippen molar-refractivity contribution in [3.8, 4) is 0 Å². The van der Waals surface area contributed by atoms with Gasteiger partial charge in [0.25, 0.3) is 0 Å². The van der Waals surface area contributed by atoms with Gasteiger partial charge in [-0.1, -0.05) is 55.4 Å². The van der Waals surface area contributed by atoms with Crippen molar-refractivity contribution in [2.75, 3.05) is 0 Å². The fourth-order valence-corrected chi connectivity index (χ4v) is 14.8. The monoisotopic (exact) mass is 986 g/mol. The van der Waals surface area contributed by atoms with Crippen LogP contribution in [-0.2, 0) is 47.7 Å². The lowest BCUT2D eigenvalue weighted by atomic mass is 9.61. The van der Waals surface area contributed by atoms with E-state index < -0.39 is 123 Å². The van der Waals surface area contributed by atoms with Gasteiger partial charge >= 0.3 is 29.8 Å². The highest BCUT2D eigenvalue weighted by Crippen LogP contribution is 2.49. The molecule has 13 heteroatoms. The number of carbonyl (C=O) groups is 5. The van der Waals surface area contributed by atoms with Gasteiger partial charge in [-0.15, -0.1) is 0 Å². The number of hydrogen-bond donors (Lipinski definition) is 3. The number of esters is 5. The molecule has 5 rings (SSSR count). The summed E-state index contributed by atoms with van der Waals surface area (Å²) in [6.07, 6.45) is -0.832. The molecule has 402 valence electrons. The van der Waals surface area contributed by atoms with Gasteiger partial charge in [0.2, 0.25) is 0 Å². The van der Waals surface area contributed by atoms with Gasteiger partial charge < -0.3 is 39.6 Å². The van der Waals surface area contributed by atoms with Gasteiger partial charge in [0, 0.05) is 39.7 Å². The maximum Gasteiger partial charge on any atom is 0.309 e. The van der Waals surface area contributed by atoms with E-state index in [1.807, 2.05) is 0 Å². The average molecular weight is 986 g/mol. The Kier molecular flexibility index (Phi) is 17.3. The molecule has 70 heavy (non-hydrogen) atoms. The molecule has 0 aromatic carbocycles. The first-order chi connectivity index (χ1) is 31.7. The number of hydrogen-bond acceptors (Lipinski definition) is 13. The van der Waals surface area contributed by atoms with Crippen LogP contribution in [0.15, 0.2) is 0 Å². The quantitative estimate of drug-likeness (QED) is 0.111. The first-order valence-corrected chi connectivity index (χ1v) is 27.1. The first kappa shape index (κ1) is 58.1. The molecular formula is C57H99N3O10. The summed E-state index contributed by atoms with van der Waals surface area (Å²) in [5, 5.41) is 11.0. The maximum absolute atomic E-state index is 15.1. The molecule has 3 aliphatic heterocycles.